The standard InChI is InChI=1S/C18H12ClF4N3O/c1-26-8-11(16(25-26)17(22)23)18(27)24-15-10(9-5-3-2-4-6-9)7-12(20)14(21)13(15)19/h2-8,17H,1H3,(H,24,27). The molecule has 1 aromatic heterocycles. The van der Waals surface area contributed by atoms with Gasteiger partial charge in [-0.3, -0.25) is 9.48 Å². The number of hydrogen-bond acceptors (Lipinski definition) is 2. The van der Waals surface area contributed by atoms with E-state index in [1.165, 1.54) is 7.05 Å². The summed E-state index contributed by atoms with van der Waals surface area (Å²) in [5, 5.41) is 5.19. The van der Waals surface area contributed by atoms with Crippen molar-refractivity contribution in [1.82, 2.24) is 9.78 Å². The van der Waals surface area contributed by atoms with Crippen molar-refractivity contribution in [1.29, 1.82) is 0 Å². The highest BCUT2D eigenvalue weighted by Crippen LogP contribution is 2.38. The number of rotatable bonds is 4. The molecule has 3 rings (SSSR count). The van der Waals surface area contributed by atoms with Crippen LogP contribution < -0.4 is 5.32 Å². The van der Waals surface area contributed by atoms with Gasteiger partial charge in [0.25, 0.3) is 12.3 Å². The molecule has 4 nitrogen and oxygen atoms in total. The molecule has 0 aliphatic carbocycles. The Bertz CT molecular complexity index is 1010. The monoisotopic (exact) mass is 397 g/mol. The summed E-state index contributed by atoms with van der Waals surface area (Å²) in [6.07, 6.45) is -1.88. The molecule has 0 aliphatic heterocycles. The molecule has 0 saturated heterocycles. The van der Waals surface area contributed by atoms with E-state index in [0.29, 0.717) is 5.56 Å². The second kappa shape index (κ2) is 7.40. The van der Waals surface area contributed by atoms with Crippen LogP contribution in [0.25, 0.3) is 11.1 Å². The topological polar surface area (TPSA) is 46.9 Å². The highest BCUT2D eigenvalue weighted by molar-refractivity contribution is 6.35. The van der Waals surface area contributed by atoms with Gasteiger partial charge >= 0.3 is 0 Å². The Hall–Kier alpha value is -2.87. The van der Waals surface area contributed by atoms with Crippen LogP contribution in [0, 0.1) is 11.6 Å². The van der Waals surface area contributed by atoms with Crippen LogP contribution in [0.4, 0.5) is 23.2 Å². The Kier molecular flexibility index (Phi) is 5.18. The molecule has 9 heteroatoms. The maximum absolute atomic E-state index is 14.0. The fourth-order valence-corrected chi connectivity index (χ4v) is 2.82. The summed E-state index contributed by atoms with van der Waals surface area (Å²) in [6, 6.07) is 9.12. The van der Waals surface area contributed by atoms with Gasteiger partial charge in [0.2, 0.25) is 0 Å². The van der Waals surface area contributed by atoms with Gasteiger partial charge in [-0.1, -0.05) is 41.9 Å². The van der Waals surface area contributed by atoms with Crippen molar-refractivity contribution < 1.29 is 22.4 Å². The molecule has 0 aliphatic rings. The summed E-state index contributed by atoms with van der Waals surface area (Å²) in [5.41, 5.74) is -0.790. The minimum atomic E-state index is -2.99. The van der Waals surface area contributed by atoms with Gasteiger partial charge in [-0.2, -0.15) is 5.10 Å². The zero-order chi connectivity index (χ0) is 19.7. The third-order valence-electron chi connectivity index (χ3n) is 3.79. The number of halogens is 5. The van der Waals surface area contributed by atoms with Crippen LogP contribution in [0.3, 0.4) is 0 Å². The molecule has 0 radical (unpaired) electrons. The summed E-state index contributed by atoms with van der Waals surface area (Å²) in [4.78, 5) is 12.5. The number of alkyl halides is 2. The Morgan fingerprint density at radius 2 is 1.89 bits per heavy atom. The van der Waals surface area contributed by atoms with E-state index in [0.717, 1.165) is 16.9 Å². The summed E-state index contributed by atoms with van der Waals surface area (Å²) < 4.78 is 55.0. The van der Waals surface area contributed by atoms with E-state index in [1.807, 2.05) is 0 Å². The van der Waals surface area contributed by atoms with Crippen LogP contribution in [-0.2, 0) is 7.05 Å². The molecule has 0 fully saturated rings. The predicted molar refractivity (Wildman–Crippen MR) is 92.9 cm³/mol. The van der Waals surface area contributed by atoms with E-state index in [9.17, 15) is 22.4 Å². The Morgan fingerprint density at radius 1 is 1.22 bits per heavy atom. The molecule has 0 spiro atoms. The lowest BCUT2D eigenvalue weighted by Gasteiger charge is -2.14. The summed E-state index contributed by atoms with van der Waals surface area (Å²) in [6.45, 7) is 0. The minimum Gasteiger partial charge on any atom is -0.320 e. The molecule has 140 valence electrons. The first-order chi connectivity index (χ1) is 12.8. The zero-order valence-corrected chi connectivity index (χ0v) is 14.6. The fourth-order valence-electron chi connectivity index (χ4n) is 2.59. The van der Waals surface area contributed by atoms with Crippen LogP contribution >= 0.6 is 11.6 Å². The first-order valence-corrected chi connectivity index (χ1v) is 8.03. The van der Waals surface area contributed by atoms with E-state index in [4.69, 9.17) is 11.6 Å². The van der Waals surface area contributed by atoms with Crippen molar-refractivity contribution in [3.05, 3.63) is 70.5 Å². The number of nitrogens with one attached hydrogen (secondary N) is 1. The van der Waals surface area contributed by atoms with Crippen LogP contribution in [-0.4, -0.2) is 15.7 Å². The number of carbonyl (C=O) groups excluding carboxylic acids is 1. The molecule has 0 unspecified atom stereocenters. The van der Waals surface area contributed by atoms with Gasteiger partial charge in [0.1, 0.15) is 10.7 Å². The van der Waals surface area contributed by atoms with Gasteiger partial charge < -0.3 is 5.32 Å². The molecule has 3 aromatic rings. The SMILES string of the molecule is Cn1cc(C(=O)Nc2c(-c3ccccc3)cc(F)c(F)c2Cl)c(C(F)F)n1. The second-order valence-electron chi connectivity index (χ2n) is 5.63. The number of aromatic nitrogens is 2. The van der Waals surface area contributed by atoms with Crippen LogP contribution in [0.15, 0.2) is 42.6 Å². The number of aryl methyl sites for hydroxylation is 1. The van der Waals surface area contributed by atoms with E-state index in [-0.39, 0.29) is 11.3 Å². The van der Waals surface area contributed by atoms with Crippen molar-refractivity contribution in [3.63, 3.8) is 0 Å². The maximum atomic E-state index is 14.0. The van der Waals surface area contributed by atoms with Crippen molar-refractivity contribution in [3.8, 4) is 11.1 Å². The first-order valence-electron chi connectivity index (χ1n) is 7.65. The number of anilines is 1. The molecular weight excluding hydrogens is 386 g/mol. The summed E-state index contributed by atoms with van der Waals surface area (Å²) in [5.74, 6) is -3.53. The molecule has 27 heavy (non-hydrogen) atoms. The van der Waals surface area contributed by atoms with E-state index >= 15 is 0 Å². The number of carbonyl (C=O) groups is 1. The summed E-state index contributed by atoms with van der Waals surface area (Å²) in [7, 11) is 1.38. The molecular formula is C18H12ClF4N3O. The van der Waals surface area contributed by atoms with Crippen molar-refractivity contribution >= 4 is 23.2 Å². The van der Waals surface area contributed by atoms with E-state index in [1.54, 1.807) is 30.3 Å². The average molecular weight is 398 g/mol. The molecule has 1 amide bonds. The van der Waals surface area contributed by atoms with E-state index < -0.39 is 40.2 Å². The lowest BCUT2D eigenvalue weighted by Crippen LogP contribution is -2.15. The predicted octanol–water partition coefficient (Wildman–Crippen LogP) is 5.21. The van der Waals surface area contributed by atoms with Crippen LogP contribution in [0.5, 0.6) is 0 Å². The lowest BCUT2D eigenvalue weighted by atomic mass is 10.0. The lowest BCUT2D eigenvalue weighted by molar-refractivity contribution is 0.101. The Balaban J connectivity index is 2.09. The molecule has 1 N–H and O–H groups in total. The van der Waals surface area contributed by atoms with Gasteiger partial charge in [-0.25, -0.2) is 17.6 Å². The average Bonchev–Trinajstić information content (AvgIpc) is 3.05. The third kappa shape index (κ3) is 3.66. The number of benzene rings is 2. The van der Waals surface area contributed by atoms with Gasteiger partial charge in [-0.05, 0) is 11.6 Å². The van der Waals surface area contributed by atoms with E-state index in [2.05, 4.69) is 10.4 Å². The van der Waals surface area contributed by atoms with Gasteiger partial charge in [-0.15, -0.1) is 0 Å². The number of hydrogen-bond donors (Lipinski definition) is 1. The second-order valence-corrected chi connectivity index (χ2v) is 6.01. The van der Waals surface area contributed by atoms with Crippen molar-refractivity contribution in [2.75, 3.05) is 5.32 Å². The Morgan fingerprint density at radius 3 is 2.52 bits per heavy atom. The highest BCUT2D eigenvalue weighted by Gasteiger charge is 2.25. The first kappa shape index (κ1) is 18.9. The van der Waals surface area contributed by atoms with Gasteiger partial charge in [0.05, 0.1) is 11.3 Å². The molecule has 0 bridgehead atoms. The normalized spacial score (nSPS) is 11.1. The highest BCUT2D eigenvalue weighted by atomic mass is 35.5. The fraction of sp³-hybridized carbons (Fsp3) is 0.111. The van der Waals surface area contributed by atoms with Crippen molar-refractivity contribution in [2.45, 2.75) is 6.43 Å². The minimum absolute atomic E-state index is 0.107. The van der Waals surface area contributed by atoms with Gasteiger partial charge in [0, 0.05) is 18.8 Å². The van der Waals surface area contributed by atoms with Crippen molar-refractivity contribution in [2.24, 2.45) is 7.05 Å². The Labute approximate surface area is 156 Å². The number of amides is 1. The van der Waals surface area contributed by atoms with Crippen LogP contribution in [0.2, 0.25) is 5.02 Å². The molecule has 0 saturated carbocycles. The maximum Gasteiger partial charge on any atom is 0.282 e. The van der Waals surface area contributed by atoms with Crippen LogP contribution in [0.1, 0.15) is 22.5 Å². The third-order valence-corrected chi connectivity index (χ3v) is 4.15. The zero-order valence-electron chi connectivity index (χ0n) is 13.8. The quantitative estimate of drug-likeness (QED) is 0.485. The molecule has 2 aromatic carbocycles. The summed E-state index contributed by atoms with van der Waals surface area (Å²) >= 11 is 5.89. The molecule has 0 atom stereocenters. The number of nitrogens with zero attached hydrogens (tertiary/aromatic N) is 2. The smallest absolute Gasteiger partial charge is 0.282 e. The largest absolute Gasteiger partial charge is 0.320 e. The molecule has 1 heterocycles. The van der Waals surface area contributed by atoms with Gasteiger partial charge in [0.15, 0.2) is 11.6 Å².